The number of halogens is 1. The fraction of sp³-hybridized carbons (Fsp3) is 0.824. The van der Waals surface area contributed by atoms with Crippen LogP contribution >= 0.6 is 15.9 Å². The second-order valence-corrected chi connectivity index (χ2v) is 26.0. The van der Waals surface area contributed by atoms with E-state index >= 15 is 0 Å². The topological polar surface area (TPSA) is 113 Å². The first-order valence-corrected chi connectivity index (χ1v) is 30.7. The van der Waals surface area contributed by atoms with E-state index in [1.54, 1.807) is 52.8 Å². The molecule has 5 fully saturated rings. The summed E-state index contributed by atoms with van der Waals surface area (Å²) in [6.07, 6.45) is 32.4. The van der Waals surface area contributed by atoms with Gasteiger partial charge < -0.3 is 52.5 Å². The van der Waals surface area contributed by atoms with Gasteiger partial charge in [0.1, 0.15) is 40.1 Å². The highest BCUT2D eigenvalue weighted by Crippen LogP contribution is 2.61. The first-order valence-electron chi connectivity index (χ1n) is 29.8. The molecular formula is C68H121BrO11. The third kappa shape index (κ3) is 22.6. The third-order valence-electron chi connectivity index (χ3n) is 19.1. The van der Waals surface area contributed by atoms with Crippen LogP contribution in [0.25, 0.3) is 0 Å². The quantitative estimate of drug-likeness (QED) is 0.0421. The van der Waals surface area contributed by atoms with Crippen molar-refractivity contribution in [2.45, 2.75) is 235 Å². The standard InChI is InChI=1S/C32H54O5.C21H37BrO2.C13H22O4.2CH4/c1-22(11-9-17-31(4,5)37-21-35-8)27-15-16-28-25(12-10-18-32(27,28)6)13-14-26-19-23(2)29(33)30(24(26)3)36-20-34-7;1-16(8-6-12-20(2,3)24-15-23-5)18-10-11-19-17(14-22)9-7-13-21(18,19)4;1-6-8-13(17-10-15-5)11(3)12(7-2)16-9-14-4;;/h13-14,22-23,27-30,33H,3,9-12,15-21H2,1-2,4-8H3;14,16,18-19H,6-13,15H2,1-5H3;1,7,11-13H,2,8-10H2,3-5H3;2*1H4/b25-13+,26-14-;17-14+;;;/t22-,23-,27-,28+,29-,30-,32-;16-,18-,19+,21-;11-,12+,13+;;/m110../s1. The van der Waals surface area contributed by atoms with E-state index in [4.69, 9.17) is 53.8 Å². The molecule has 0 radical (unpaired) electrons. The molecule has 466 valence electrons. The van der Waals surface area contributed by atoms with E-state index in [0.717, 1.165) is 54.4 Å². The van der Waals surface area contributed by atoms with Crippen LogP contribution in [0.3, 0.4) is 0 Å². The van der Waals surface area contributed by atoms with Gasteiger partial charge in [-0.2, -0.15) is 0 Å². The fourth-order valence-electron chi connectivity index (χ4n) is 14.5. The van der Waals surface area contributed by atoms with Crippen molar-refractivity contribution < 1.29 is 52.5 Å². The number of fused-ring (bicyclic) bond motifs is 2. The van der Waals surface area contributed by atoms with Crippen molar-refractivity contribution in [3.63, 3.8) is 0 Å². The van der Waals surface area contributed by atoms with E-state index in [0.29, 0.717) is 36.8 Å². The highest BCUT2D eigenvalue weighted by molar-refractivity contribution is 9.11. The molecule has 14 atom stereocenters. The van der Waals surface area contributed by atoms with E-state index in [1.807, 2.05) is 6.92 Å². The second-order valence-electron chi connectivity index (χ2n) is 25.5. The Labute approximate surface area is 500 Å². The molecule has 0 aromatic rings. The van der Waals surface area contributed by atoms with Gasteiger partial charge in [-0.3, -0.25) is 0 Å². The summed E-state index contributed by atoms with van der Waals surface area (Å²) in [5.74, 6) is 7.50. The molecule has 0 aromatic carbocycles. The van der Waals surface area contributed by atoms with Gasteiger partial charge in [0, 0.05) is 47.9 Å². The van der Waals surface area contributed by atoms with E-state index in [9.17, 15) is 5.11 Å². The molecular weight excluding hydrogens is 1070 g/mol. The molecule has 0 saturated heterocycles. The molecule has 5 aliphatic rings. The summed E-state index contributed by atoms with van der Waals surface area (Å²) in [6.45, 7) is 32.3. The van der Waals surface area contributed by atoms with Crippen LogP contribution in [0.1, 0.15) is 200 Å². The number of hydrogen-bond donors (Lipinski definition) is 1. The molecule has 0 spiro atoms. The average Bonchev–Trinajstić information content (AvgIpc) is 3.97. The first kappa shape index (κ1) is 76.3. The second kappa shape index (κ2) is 38.4. The van der Waals surface area contributed by atoms with Crippen LogP contribution in [-0.2, 0) is 47.4 Å². The SMILES string of the molecule is C.C.C#CC[C@@H](OCOC)[C@@H](C)[C@@H](C=C)OCOC.C=C1/C(=C\C=C2/CCC[C@]3(C)[C@@H]([C@H](C)CCCC(C)(C)OCOC)CC[C@@H]23)C[C@@H](C)[C@@H](O)[C@@H]1OCOC.COCOC(C)(C)CCC[C@@H](C)[C@H]1CC[C@H]2/C(=C/Br)CCC[C@]12C. The molecule has 0 bridgehead atoms. The van der Waals surface area contributed by atoms with E-state index in [-0.39, 0.29) is 70.5 Å². The number of terminal acetylenes is 1. The largest absolute Gasteiger partial charge is 0.390 e. The maximum Gasteiger partial charge on any atom is 0.147 e. The smallest absolute Gasteiger partial charge is 0.147 e. The molecule has 0 aromatic heterocycles. The lowest BCUT2D eigenvalue weighted by molar-refractivity contribution is -0.126. The molecule has 5 aliphatic carbocycles. The van der Waals surface area contributed by atoms with E-state index in [1.165, 1.54) is 95.5 Å². The summed E-state index contributed by atoms with van der Waals surface area (Å²) < 4.78 is 53.4. The summed E-state index contributed by atoms with van der Waals surface area (Å²) in [7, 11) is 8.13. The summed E-state index contributed by atoms with van der Waals surface area (Å²) in [5.41, 5.74) is 6.11. The molecule has 0 amide bonds. The molecule has 0 unspecified atom stereocenters. The number of methoxy groups -OCH3 is 5. The van der Waals surface area contributed by atoms with Crippen molar-refractivity contribution >= 4 is 15.9 Å². The molecule has 11 nitrogen and oxygen atoms in total. The van der Waals surface area contributed by atoms with Gasteiger partial charge in [0.25, 0.3) is 0 Å². The maximum atomic E-state index is 10.7. The van der Waals surface area contributed by atoms with Crippen molar-refractivity contribution in [2.75, 3.05) is 69.5 Å². The predicted octanol–water partition coefficient (Wildman–Crippen LogP) is 17.0. The van der Waals surface area contributed by atoms with Crippen molar-refractivity contribution in [2.24, 2.45) is 58.2 Å². The molecule has 1 N–H and O–H groups in total. The van der Waals surface area contributed by atoms with Gasteiger partial charge in [0.15, 0.2) is 0 Å². The van der Waals surface area contributed by atoms with Crippen LogP contribution < -0.4 is 0 Å². The lowest BCUT2D eigenvalue weighted by atomic mass is 9.60. The predicted molar refractivity (Wildman–Crippen MR) is 335 cm³/mol. The summed E-state index contributed by atoms with van der Waals surface area (Å²) in [5, 5.41) is 10.7. The Balaban J connectivity index is 0.000000643. The Bertz CT molecular complexity index is 1870. The van der Waals surface area contributed by atoms with Gasteiger partial charge in [-0.05, 0) is 180 Å². The normalized spacial score (nSPS) is 30.0. The zero-order chi connectivity index (χ0) is 58.1. The van der Waals surface area contributed by atoms with Gasteiger partial charge in [0.2, 0.25) is 0 Å². The van der Waals surface area contributed by atoms with Crippen LogP contribution in [0.4, 0.5) is 0 Å². The van der Waals surface area contributed by atoms with E-state index in [2.05, 4.69) is 114 Å². The fourth-order valence-corrected chi connectivity index (χ4v) is 15.1. The highest BCUT2D eigenvalue weighted by atomic mass is 79.9. The Kier molecular flexibility index (Phi) is 36.6. The molecule has 0 heterocycles. The Hall–Kier alpha value is -1.70. The van der Waals surface area contributed by atoms with Crippen molar-refractivity contribution in [1.82, 2.24) is 0 Å². The Morgan fingerprint density at radius 2 is 1.20 bits per heavy atom. The van der Waals surface area contributed by atoms with Crippen LogP contribution in [0, 0.1) is 70.5 Å². The third-order valence-corrected chi connectivity index (χ3v) is 19.7. The summed E-state index contributed by atoms with van der Waals surface area (Å²) in [6, 6.07) is 0. The van der Waals surface area contributed by atoms with Gasteiger partial charge in [-0.25, -0.2) is 0 Å². The molecule has 80 heavy (non-hydrogen) atoms. The van der Waals surface area contributed by atoms with E-state index < -0.39 is 12.2 Å². The first-order chi connectivity index (χ1) is 37.1. The average molecular weight is 1190 g/mol. The van der Waals surface area contributed by atoms with Crippen LogP contribution in [0.5, 0.6) is 0 Å². The zero-order valence-electron chi connectivity index (χ0n) is 51.9. The zero-order valence-corrected chi connectivity index (χ0v) is 53.5. The number of aliphatic hydroxyl groups is 1. The monoisotopic (exact) mass is 1190 g/mol. The summed E-state index contributed by atoms with van der Waals surface area (Å²) in [4.78, 5) is 2.23. The van der Waals surface area contributed by atoms with Crippen molar-refractivity contribution in [3.05, 3.63) is 58.7 Å². The van der Waals surface area contributed by atoms with Crippen LogP contribution in [-0.4, -0.2) is 110 Å². The maximum absolute atomic E-state index is 10.7. The van der Waals surface area contributed by atoms with Crippen molar-refractivity contribution in [3.8, 4) is 12.3 Å². The van der Waals surface area contributed by atoms with Crippen molar-refractivity contribution in [1.29, 1.82) is 0 Å². The molecule has 12 heteroatoms. The lowest BCUT2D eigenvalue weighted by Crippen LogP contribution is -2.40. The number of aliphatic hydroxyl groups excluding tert-OH is 1. The number of allylic oxidation sites excluding steroid dienone is 4. The molecule has 5 rings (SSSR count). The van der Waals surface area contributed by atoms with Crippen LogP contribution in [0.2, 0.25) is 0 Å². The van der Waals surface area contributed by atoms with Gasteiger partial charge in [-0.1, -0.05) is 134 Å². The minimum Gasteiger partial charge on any atom is -0.390 e. The van der Waals surface area contributed by atoms with Gasteiger partial charge >= 0.3 is 0 Å². The number of hydrogen-bond acceptors (Lipinski definition) is 11. The Morgan fingerprint density at radius 3 is 1.66 bits per heavy atom. The molecule has 0 aliphatic heterocycles. The van der Waals surface area contributed by atoms with Gasteiger partial charge in [0.05, 0.1) is 29.5 Å². The van der Waals surface area contributed by atoms with Gasteiger partial charge in [-0.15, -0.1) is 18.9 Å². The number of ether oxygens (including phenoxy) is 10. The van der Waals surface area contributed by atoms with Crippen LogP contribution in [0.15, 0.2) is 58.7 Å². The minimum atomic E-state index is -0.542. The Morgan fingerprint density at radius 1 is 0.725 bits per heavy atom. The molecule has 5 saturated carbocycles. The highest BCUT2D eigenvalue weighted by Gasteiger charge is 2.52. The summed E-state index contributed by atoms with van der Waals surface area (Å²) >= 11 is 3.63. The number of rotatable bonds is 30. The lowest BCUT2D eigenvalue weighted by Gasteiger charge is -2.44. The minimum absolute atomic E-state index is 0.